The van der Waals surface area contributed by atoms with Crippen LogP contribution in [0, 0.1) is 0 Å². The molecule has 28 heavy (non-hydrogen) atoms. The molecule has 0 aliphatic carbocycles. The summed E-state index contributed by atoms with van der Waals surface area (Å²) in [7, 11) is -2.00. The highest BCUT2D eigenvalue weighted by atomic mass is 31.2. The first kappa shape index (κ1) is 22.7. The zero-order valence-corrected chi connectivity index (χ0v) is 18.3. The van der Waals surface area contributed by atoms with Crippen molar-refractivity contribution >= 4 is 8.60 Å². The van der Waals surface area contributed by atoms with E-state index in [1.807, 2.05) is 36.4 Å². The number of aryl methyl sites for hydroxylation is 2. The monoisotopic (exact) mass is 402 g/mol. The molecule has 0 amide bonds. The van der Waals surface area contributed by atoms with Crippen LogP contribution in [-0.2, 0) is 12.8 Å². The second-order valence-corrected chi connectivity index (χ2v) is 8.18. The minimum Gasteiger partial charge on any atom is -0.418 e. The summed E-state index contributed by atoms with van der Waals surface area (Å²) in [4.78, 5) is 10.3. The van der Waals surface area contributed by atoms with Crippen molar-refractivity contribution in [1.29, 1.82) is 0 Å². The van der Waals surface area contributed by atoms with Crippen molar-refractivity contribution in [2.45, 2.75) is 78.1 Å². The van der Waals surface area contributed by atoms with Gasteiger partial charge in [0.2, 0.25) is 0 Å². The van der Waals surface area contributed by atoms with Gasteiger partial charge in [-0.05, 0) is 61.1 Å². The molecule has 2 rings (SSSR count). The second-order valence-electron chi connectivity index (χ2n) is 7.34. The maximum atomic E-state index is 10.3. The summed E-state index contributed by atoms with van der Waals surface area (Å²) in [5.41, 5.74) is 2.48. The molecule has 3 nitrogen and oxygen atoms in total. The zero-order valence-electron chi connectivity index (χ0n) is 17.4. The van der Waals surface area contributed by atoms with E-state index in [1.54, 1.807) is 0 Å². The van der Waals surface area contributed by atoms with Gasteiger partial charge in [0, 0.05) is 0 Å². The molecule has 0 unspecified atom stereocenters. The third-order valence-electron chi connectivity index (χ3n) is 4.80. The Labute approximate surface area is 172 Å². The summed E-state index contributed by atoms with van der Waals surface area (Å²) in [5, 5.41) is 0. The van der Waals surface area contributed by atoms with Gasteiger partial charge in [-0.15, -0.1) is 0 Å². The minimum absolute atomic E-state index is 0.664. The zero-order chi connectivity index (χ0) is 20.0. The van der Waals surface area contributed by atoms with Gasteiger partial charge >= 0.3 is 8.60 Å². The molecule has 0 aliphatic rings. The number of unbranched alkanes of at least 4 members (excludes halogenated alkanes) is 6. The van der Waals surface area contributed by atoms with E-state index in [0.29, 0.717) is 11.5 Å². The van der Waals surface area contributed by atoms with Gasteiger partial charge in [-0.1, -0.05) is 76.6 Å². The fourth-order valence-corrected chi connectivity index (χ4v) is 3.85. The smallest absolute Gasteiger partial charge is 0.418 e. The van der Waals surface area contributed by atoms with E-state index >= 15 is 0 Å². The third kappa shape index (κ3) is 9.08. The van der Waals surface area contributed by atoms with E-state index in [2.05, 4.69) is 26.0 Å². The fourth-order valence-electron chi connectivity index (χ4n) is 3.23. The van der Waals surface area contributed by atoms with Crippen LogP contribution in [0.15, 0.2) is 48.5 Å². The molecule has 0 aliphatic heterocycles. The van der Waals surface area contributed by atoms with E-state index in [4.69, 9.17) is 9.05 Å². The molecular weight excluding hydrogens is 367 g/mol. The number of hydrogen-bond donors (Lipinski definition) is 1. The molecule has 0 fully saturated rings. The molecule has 0 saturated heterocycles. The number of hydrogen-bond acceptors (Lipinski definition) is 3. The van der Waals surface area contributed by atoms with E-state index in [1.165, 1.54) is 62.5 Å². The topological polar surface area (TPSA) is 38.7 Å². The van der Waals surface area contributed by atoms with Gasteiger partial charge in [-0.2, -0.15) is 0 Å². The molecular formula is C24H35O3P. The number of benzene rings is 2. The average Bonchev–Trinajstić information content (AvgIpc) is 2.69. The summed E-state index contributed by atoms with van der Waals surface area (Å²) in [6.07, 6.45) is 12.0. The largest absolute Gasteiger partial charge is 0.460 e. The Morgan fingerprint density at radius 1 is 0.679 bits per heavy atom. The highest BCUT2D eigenvalue weighted by Gasteiger charge is 2.12. The number of rotatable bonds is 14. The summed E-state index contributed by atoms with van der Waals surface area (Å²) in [6, 6.07) is 15.9. The standard InChI is InChI=1S/C24H35O3P/c1-3-5-7-9-13-21-15-11-17-23(19-21)26-28(25)27-24-18-12-16-22(20-24)14-10-8-6-4-2/h11-12,15-20,25H,3-10,13-14H2,1-2H3. The summed E-state index contributed by atoms with van der Waals surface area (Å²) in [5.74, 6) is 1.33. The van der Waals surface area contributed by atoms with Gasteiger partial charge in [0.05, 0.1) is 0 Å². The van der Waals surface area contributed by atoms with Crippen molar-refractivity contribution in [2.75, 3.05) is 0 Å². The Kier molecular flexibility index (Phi) is 11.0. The Morgan fingerprint density at radius 2 is 1.14 bits per heavy atom. The maximum absolute atomic E-state index is 10.3. The van der Waals surface area contributed by atoms with Gasteiger partial charge in [-0.3, -0.25) is 0 Å². The van der Waals surface area contributed by atoms with E-state index in [0.717, 1.165) is 12.8 Å². The molecule has 0 spiro atoms. The Balaban J connectivity index is 1.82. The van der Waals surface area contributed by atoms with Crippen LogP contribution < -0.4 is 9.05 Å². The van der Waals surface area contributed by atoms with Gasteiger partial charge in [0.1, 0.15) is 11.5 Å². The Morgan fingerprint density at radius 3 is 1.57 bits per heavy atom. The predicted molar refractivity (Wildman–Crippen MR) is 119 cm³/mol. The van der Waals surface area contributed by atoms with E-state index < -0.39 is 8.60 Å². The van der Waals surface area contributed by atoms with Crippen LogP contribution in [0.5, 0.6) is 11.5 Å². The van der Waals surface area contributed by atoms with Crippen molar-refractivity contribution in [3.63, 3.8) is 0 Å². The predicted octanol–water partition coefficient (Wildman–Crippen LogP) is 7.61. The van der Waals surface area contributed by atoms with Crippen molar-refractivity contribution in [3.05, 3.63) is 59.7 Å². The summed E-state index contributed by atoms with van der Waals surface area (Å²) < 4.78 is 11.3. The summed E-state index contributed by atoms with van der Waals surface area (Å²) in [6.45, 7) is 4.44. The fraction of sp³-hybridized carbons (Fsp3) is 0.500. The van der Waals surface area contributed by atoms with Crippen LogP contribution in [0.25, 0.3) is 0 Å². The van der Waals surface area contributed by atoms with Gasteiger partial charge in [-0.25, -0.2) is 0 Å². The highest BCUT2D eigenvalue weighted by Crippen LogP contribution is 2.37. The molecule has 2 aromatic carbocycles. The Bertz CT molecular complexity index is 617. The van der Waals surface area contributed by atoms with Crippen LogP contribution in [0.4, 0.5) is 0 Å². The van der Waals surface area contributed by atoms with Crippen molar-refractivity contribution in [3.8, 4) is 11.5 Å². The summed E-state index contributed by atoms with van der Waals surface area (Å²) >= 11 is 0. The molecule has 0 radical (unpaired) electrons. The van der Waals surface area contributed by atoms with E-state index in [-0.39, 0.29) is 0 Å². The molecule has 154 valence electrons. The minimum atomic E-state index is -2.00. The van der Waals surface area contributed by atoms with Crippen molar-refractivity contribution in [1.82, 2.24) is 0 Å². The molecule has 1 N–H and O–H groups in total. The van der Waals surface area contributed by atoms with E-state index in [9.17, 15) is 4.89 Å². The lowest BCUT2D eigenvalue weighted by Crippen LogP contribution is -1.96. The second kappa shape index (κ2) is 13.6. The van der Waals surface area contributed by atoms with Crippen molar-refractivity contribution in [2.24, 2.45) is 0 Å². The van der Waals surface area contributed by atoms with Gasteiger partial charge in [0.15, 0.2) is 0 Å². The van der Waals surface area contributed by atoms with Crippen molar-refractivity contribution < 1.29 is 13.9 Å². The quantitative estimate of drug-likeness (QED) is 0.261. The first-order chi connectivity index (χ1) is 13.7. The molecule has 0 saturated carbocycles. The lowest BCUT2D eigenvalue weighted by Gasteiger charge is -2.14. The van der Waals surface area contributed by atoms with Gasteiger partial charge in [0.25, 0.3) is 0 Å². The first-order valence-electron chi connectivity index (χ1n) is 10.7. The highest BCUT2D eigenvalue weighted by molar-refractivity contribution is 7.41. The molecule has 2 aromatic rings. The molecule has 4 heteroatoms. The van der Waals surface area contributed by atoms with Crippen LogP contribution in [0.2, 0.25) is 0 Å². The van der Waals surface area contributed by atoms with Crippen LogP contribution in [0.3, 0.4) is 0 Å². The Hall–Kier alpha value is -1.57. The molecule has 0 aromatic heterocycles. The van der Waals surface area contributed by atoms with Crippen LogP contribution >= 0.6 is 8.60 Å². The average molecular weight is 403 g/mol. The maximum Gasteiger partial charge on any atom is 0.460 e. The van der Waals surface area contributed by atoms with Crippen LogP contribution in [-0.4, -0.2) is 4.89 Å². The molecule has 0 atom stereocenters. The van der Waals surface area contributed by atoms with Crippen LogP contribution in [0.1, 0.15) is 76.3 Å². The lowest BCUT2D eigenvalue weighted by molar-refractivity contribution is 0.381. The van der Waals surface area contributed by atoms with Gasteiger partial charge < -0.3 is 13.9 Å². The third-order valence-corrected chi connectivity index (χ3v) is 5.54. The SMILES string of the molecule is CCCCCCc1cccc(OP(O)Oc2cccc(CCCCCC)c2)c1. The molecule has 0 bridgehead atoms. The lowest BCUT2D eigenvalue weighted by atomic mass is 10.1. The molecule has 0 heterocycles. The normalized spacial score (nSPS) is 11.0. The first-order valence-corrected chi connectivity index (χ1v) is 11.9.